The monoisotopic (exact) mass is 225 g/mol. The van der Waals surface area contributed by atoms with E-state index in [0.29, 0.717) is 30.2 Å². The minimum absolute atomic E-state index is 0.271. The number of carbonyl (C=O) groups excluding carboxylic acids is 1. The highest BCUT2D eigenvalue weighted by atomic mass is 16.5. The highest BCUT2D eigenvalue weighted by Crippen LogP contribution is 2.21. The van der Waals surface area contributed by atoms with Gasteiger partial charge in [0.1, 0.15) is 0 Å². The van der Waals surface area contributed by atoms with Crippen LogP contribution in [-0.2, 0) is 11.3 Å². The van der Waals surface area contributed by atoms with Gasteiger partial charge in [-0.25, -0.2) is 0 Å². The number of aromatic nitrogens is 1. The SMILES string of the molecule is CCOCc1c(C)c(C(=O)N=O)c(C)n1N. The standard InChI is InChI=1S/C10H15N3O3/c1-4-16-5-8-6(2)9(10(14)12-15)7(3)13(8)11/h4-5,11H2,1-3H3. The fourth-order valence-corrected chi connectivity index (χ4v) is 1.66. The van der Waals surface area contributed by atoms with Crippen molar-refractivity contribution in [1.82, 2.24) is 4.68 Å². The van der Waals surface area contributed by atoms with Gasteiger partial charge in [-0.3, -0.25) is 9.47 Å². The molecule has 16 heavy (non-hydrogen) atoms. The van der Waals surface area contributed by atoms with Gasteiger partial charge in [0, 0.05) is 17.5 Å². The number of carbonyl (C=O) groups is 1. The van der Waals surface area contributed by atoms with Crippen LogP contribution in [0.2, 0.25) is 0 Å². The van der Waals surface area contributed by atoms with Gasteiger partial charge in [0.2, 0.25) is 0 Å². The highest BCUT2D eigenvalue weighted by molar-refractivity contribution is 5.97. The summed E-state index contributed by atoms with van der Waals surface area (Å²) in [5.74, 6) is 4.98. The molecule has 1 aromatic heterocycles. The number of rotatable bonds is 4. The Kier molecular flexibility index (Phi) is 3.78. The van der Waals surface area contributed by atoms with Crippen LogP contribution in [0.15, 0.2) is 5.18 Å². The van der Waals surface area contributed by atoms with Gasteiger partial charge in [0.05, 0.1) is 17.9 Å². The van der Waals surface area contributed by atoms with Crippen LogP contribution < -0.4 is 5.84 Å². The first-order valence-electron chi connectivity index (χ1n) is 4.95. The fourth-order valence-electron chi connectivity index (χ4n) is 1.66. The summed E-state index contributed by atoms with van der Waals surface area (Å²) in [7, 11) is 0. The first-order valence-corrected chi connectivity index (χ1v) is 4.95. The Hall–Kier alpha value is -1.69. The van der Waals surface area contributed by atoms with Crippen LogP contribution in [0.25, 0.3) is 0 Å². The van der Waals surface area contributed by atoms with E-state index in [-0.39, 0.29) is 5.56 Å². The van der Waals surface area contributed by atoms with E-state index >= 15 is 0 Å². The molecular weight excluding hydrogens is 210 g/mol. The maximum atomic E-state index is 11.3. The molecule has 0 spiro atoms. The van der Waals surface area contributed by atoms with Crippen molar-refractivity contribution < 1.29 is 9.53 Å². The lowest BCUT2D eigenvalue weighted by atomic mass is 10.1. The maximum absolute atomic E-state index is 11.3. The maximum Gasteiger partial charge on any atom is 0.318 e. The molecule has 0 atom stereocenters. The Balaban J connectivity index is 3.22. The van der Waals surface area contributed by atoms with E-state index in [1.807, 2.05) is 6.92 Å². The number of amides is 1. The number of nitrogens with zero attached hydrogens (tertiary/aromatic N) is 2. The number of nitrogen functional groups attached to an aromatic ring is 1. The van der Waals surface area contributed by atoms with Crippen molar-refractivity contribution in [3.8, 4) is 0 Å². The minimum atomic E-state index is -0.794. The number of hydrogen-bond donors (Lipinski definition) is 1. The van der Waals surface area contributed by atoms with E-state index in [1.165, 1.54) is 4.68 Å². The number of nitroso groups, excluding NO2 is 1. The van der Waals surface area contributed by atoms with E-state index in [2.05, 4.69) is 5.18 Å². The predicted octanol–water partition coefficient (Wildman–Crippen LogP) is 1.26. The third-order valence-corrected chi connectivity index (χ3v) is 2.56. The molecule has 1 rings (SSSR count). The van der Waals surface area contributed by atoms with Gasteiger partial charge in [-0.05, 0) is 26.3 Å². The molecule has 0 fully saturated rings. The molecule has 6 nitrogen and oxygen atoms in total. The summed E-state index contributed by atoms with van der Waals surface area (Å²) in [4.78, 5) is 21.6. The van der Waals surface area contributed by atoms with Crippen LogP contribution in [0.5, 0.6) is 0 Å². The summed E-state index contributed by atoms with van der Waals surface area (Å²) >= 11 is 0. The Morgan fingerprint density at radius 2 is 2.12 bits per heavy atom. The molecule has 1 aromatic rings. The molecule has 0 radical (unpaired) electrons. The van der Waals surface area contributed by atoms with Gasteiger partial charge in [0.15, 0.2) is 0 Å². The van der Waals surface area contributed by atoms with Gasteiger partial charge in [0.25, 0.3) is 0 Å². The lowest BCUT2D eigenvalue weighted by Gasteiger charge is -2.05. The summed E-state index contributed by atoms with van der Waals surface area (Å²) < 4.78 is 6.61. The van der Waals surface area contributed by atoms with Crippen LogP contribution in [-0.4, -0.2) is 17.2 Å². The Bertz CT molecular complexity index is 423. The van der Waals surface area contributed by atoms with Crippen molar-refractivity contribution >= 4 is 5.91 Å². The van der Waals surface area contributed by atoms with E-state index in [4.69, 9.17) is 10.6 Å². The lowest BCUT2D eigenvalue weighted by molar-refractivity contribution is 0.0999. The molecule has 1 heterocycles. The van der Waals surface area contributed by atoms with Crippen LogP contribution in [0.4, 0.5) is 0 Å². The molecule has 0 unspecified atom stereocenters. The van der Waals surface area contributed by atoms with E-state index in [1.54, 1.807) is 13.8 Å². The van der Waals surface area contributed by atoms with Crippen molar-refractivity contribution in [1.29, 1.82) is 0 Å². The Morgan fingerprint density at radius 1 is 1.50 bits per heavy atom. The van der Waals surface area contributed by atoms with Crippen LogP contribution in [0.1, 0.15) is 34.2 Å². The summed E-state index contributed by atoms with van der Waals surface area (Å²) in [5.41, 5.74) is 2.13. The molecule has 0 saturated heterocycles. The van der Waals surface area contributed by atoms with Crippen molar-refractivity contribution in [3.63, 3.8) is 0 Å². The van der Waals surface area contributed by atoms with Crippen molar-refractivity contribution in [2.45, 2.75) is 27.4 Å². The number of ether oxygens (including phenoxy) is 1. The molecule has 6 heteroatoms. The zero-order chi connectivity index (χ0) is 12.3. The molecule has 2 N–H and O–H groups in total. The summed E-state index contributed by atoms with van der Waals surface area (Å²) in [6.07, 6.45) is 0. The average molecular weight is 225 g/mol. The average Bonchev–Trinajstić information content (AvgIpc) is 2.48. The fraction of sp³-hybridized carbons (Fsp3) is 0.500. The molecule has 0 aliphatic carbocycles. The molecule has 88 valence electrons. The summed E-state index contributed by atoms with van der Waals surface area (Å²) in [6.45, 7) is 6.12. The zero-order valence-electron chi connectivity index (χ0n) is 9.61. The number of hydrogen-bond acceptors (Lipinski definition) is 4. The quantitative estimate of drug-likeness (QED) is 0.617. The molecule has 0 bridgehead atoms. The van der Waals surface area contributed by atoms with E-state index in [9.17, 15) is 9.70 Å². The second-order valence-electron chi connectivity index (χ2n) is 3.44. The van der Waals surface area contributed by atoms with Crippen LogP contribution in [0, 0.1) is 18.8 Å². The van der Waals surface area contributed by atoms with Crippen LogP contribution >= 0.6 is 0 Å². The topological polar surface area (TPSA) is 86.7 Å². The normalized spacial score (nSPS) is 10.4. The number of nitrogens with two attached hydrogens (primary N) is 1. The van der Waals surface area contributed by atoms with E-state index < -0.39 is 5.91 Å². The molecule has 0 aliphatic heterocycles. The summed E-state index contributed by atoms with van der Waals surface area (Å²) in [5, 5.41) is 2.42. The predicted molar refractivity (Wildman–Crippen MR) is 59.5 cm³/mol. The first-order chi connectivity index (χ1) is 7.54. The molecular formula is C10H15N3O3. The van der Waals surface area contributed by atoms with Gasteiger partial charge in [-0.15, -0.1) is 4.91 Å². The second kappa shape index (κ2) is 4.89. The molecule has 0 aromatic carbocycles. The zero-order valence-corrected chi connectivity index (χ0v) is 9.61. The van der Waals surface area contributed by atoms with Gasteiger partial charge < -0.3 is 10.6 Å². The van der Waals surface area contributed by atoms with Gasteiger partial charge in [-0.2, -0.15) is 0 Å². The lowest BCUT2D eigenvalue weighted by Crippen LogP contribution is -2.15. The molecule has 1 amide bonds. The third-order valence-electron chi connectivity index (χ3n) is 2.56. The van der Waals surface area contributed by atoms with Gasteiger partial charge >= 0.3 is 5.91 Å². The molecule has 0 aliphatic rings. The van der Waals surface area contributed by atoms with E-state index in [0.717, 1.165) is 0 Å². The second-order valence-corrected chi connectivity index (χ2v) is 3.44. The minimum Gasteiger partial charge on any atom is -0.375 e. The molecule has 0 saturated carbocycles. The smallest absolute Gasteiger partial charge is 0.318 e. The Labute approximate surface area is 93.3 Å². The highest BCUT2D eigenvalue weighted by Gasteiger charge is 2.21. The van der Waals surface area contributed by atoms with Crippen molar-refractivity contribution in [2.75, 3.05) is 12.4 Å². The Morgan fingerprint density at radius 3 is 2.62 bits per heavy atom. The largest absolute Gasteiger partial charge is 0.375 e. The van der Waals surface area contributed by atoms with Crippen LogP contribution in [0.3, 0.4) is 0 Å². The van der Waals surface area contributed by atoms with Crippen molar-refractivity contribution in [3.05, 3.63) is 27.4 Å². The summed E-state index contributed by atoms with van der Waals surface area (Å²) in [6, 6.07) is 0. The third kappa shape index (κ3) is 1.96. The van der Waals surface area contributed by atoms with Gasteiger partial charge in [-0.1, -0.05) is 0 Å². The first kappa shape index (κ1) is 12.4. The van der Waals surface area contributed by atoms with Crippen molar-refractivity contribution in [2.24, 2.45) is 5.18 Å².